The SMILES string of the molecule is C[C@@H](C(=O)N1CCCCC1)S(=O)(=O)c1ccc2c(c1)CCCC2. The molecule has 5 heteroatoms. The Morgan fingerprint density at radius 3 is 2.35 bits per heavy atom. The van der Waals surface area contributed by atoms with Gasteiger partial charge in [-0.1, -0.05) is 6.07 Å². The van der Waals surface area contributed by atoms with Gasteiger partial charge in [0.25, 0.3) is 0 Å². The molecule has 4 nitrogen and oxygen atoms in total. The topological polar surface area (TPSA) is 54.5 Å². The molecule has 1 aromatic carbocycles. The number of amides is 1. The van der Waals surface area contributed by atoms with Crippen LogP contribution in [0.2, 0.25) is 0 Å². The van der Waals surface area contributed by atoms with E-state index < -0.39 is 15.1 Å². The summed E-state index contributed by atoms with van der Waals surface area (Å²) in [5.74, 6) is -0.248. The largest absolute Gasteiger partial charge is 0.342 e. The lowest BCUT2D eigenvalue weighted by molar-refractivity contribution is -0.131. The number of sulfone groups is 1. The molecule has 0 saturated carbocycles. The maximum absolute atomic E-state index is 12.9. The van der Waals surface area contributed by atoms with Crippen LogP contribution in [-0.4, -0.2) is 37.6 Å². The second-order valence-electron chi connectivity index (χ2n) is 6.71. The highest BCUT2D eigenvalue weighted by molar-refractivity contribution is 7.92. The Bertz CT molecular complexity index is 690. The minimum atomic E-state index is -3.61. The second kappa shape index (κ2) is 6.63. The van der Waals surface area contributed by atoms with E-state index in [1.54, 1.807) is 17.0 Å². The number of hydrogen-bond donors (Lipinski definition) is 0. The highest BCUT2D eigenvalue weighted by atomic mass is 32.2. The van der Waals surface area contributed by atoms with Crippen LogP contribution in [0.4, 0.5) is 0 Å². The summed E-state index contributed by atoms with van der Waals surface area (Å²) in [6.07, 6.45) is 7.30. The molecule has 1 amide bonds. The molecule has 1 heterocycles. The zero-order chi connectivity index (χ0) is 16.4. The first kappa shape index (κ1) is 16.5. The molecule has 1 aliphatic carbocycles. The number of nitrogens with zero attached hydrogens (tertiary/aromatic N) is 1. The average molecular weight is 335 g/mol. The highest BCUT2D eigenvalue weighted by Crippen LogP contribution is 2.26. The second-order valence-corrected chi connectivity index (χ2v) is 8.98. The van der Waals surface area contributed by atoms with Gasteiger partial charge in [-0.25, -0.2) is 8.42 Å². The van der Waals surface area contributed by atoms with Crippen molar-refractivity contribution in [3.8, 4) is 0 Å². The highest BCUT2D eigenvalue weighted by Gasteiger charge is 2.33. The molecule has 1 atom stereocenters. The van der Waals surface area contributed by atoms with Crippen molar-refractivity contribution in [2.45, 2.75) is 62.0 Å². The van der Waals surface area contributed by atoms with Gasteiger partial charge in [0.15, 0.2) is 9.84 Å². The van der Waals surface area contributed by atoms with Gasteiger partial charge in [0.1, 0.15) is 5.25 Å². The van der Waals surface area contributed by atoms with Gasteiger partial charge in [0.05, 0.1) is 4.90 Å². The van der Waals surface area contributed by atoms with Crippen LogP contribution in [0.3, 0.4) is 0 Å². The number of aryl methyl sites for hydroxylation is 2. The predicted molar refractivity (Wildman–Crippen MR) is 90.2 cm³/mol. The maximum Gasteiger partial charge on any atom is 0.241 e. The van der Waals surface area contributed by atoms with Crippen molar-refractivity contribution >= 4 is 15.7 Å². The number of likely N-dealkylation sites (tertiary alicyclic amines) is 1. The first-order valence-electron chi connectivity index (χ1n) is 8.64. The number of carbonyl (C=O) groups excluding carboxylic acids is 1. The zero-order valence-corrected chi connectivity index (χ0v) is 14.6. The Balaban J connectivity index is 1.83. The Morgan fingerprint density at radius 1 is 1.00 bits per heavy atom. The number of rotatable bonds is 3. The first-order valence-corrected chi connectivity index (χ1v) is 10.2. The van der Waals surface area contributed by atoms with Gasteiger partial charge in [0.2, 0.25) is 5.91 Å². The molecular weight excluding hydrogens is 310 g/mol. The number of piperidine rings is 1. The summed E-state index contributed by atoms with van der Waals surface area (Å²) in [5, 5.41) is -0.998. The lowest BCUT2D eigenvalue weighted by Crippen LogP contribution is -2.44. The van der Waals surface area contributed by atoms with Crippen LogP contribution < -0.4 is 0 Å². The number of hydrogen-bond acceptors (Lipinski definition) is 3. The number of carbonyl (C=O) groups is 1. The lowest BCUT2D eigenvalue weighted by atomic mass is 9.92. The molecule has 0 bridgehead atoms. The van der Waals surface area contributed by atoms with E-state index in [1.165, 1.54) is 18.9 Å². The van der Waals surface area contributed by atoms with E-state index in [0.717, 1.165) is 44.1 Å². The van der Waals surface area contributed by atoms with Crippen LogP contribution in [-0.2, 0) is 27.5 Å². The van der Waals surface area contributed by atoms with Gasteiger partial charge in [-0.2, -0.15) is 0 Å². The summed E-state index contributed by atoms with van der Waals surface area (Å²) in [6.45, 7) is 2.90. The molecule has 3 rings (SSSR count). The Labute approximate surface area is 138 Å². The molecule has 2 aliphatic rings. The van der Waals surface area contributed by atoms with Crippen molar-refractivity contribution in [3.05, 3.63) is 29.3 Å². The van der Waals surface area contributed by atoms with E-state index in [4.69, 9.17) is 0 Å². The monoisotopic (exact) mass is 335 g/mol. The third-order valence-electron chi connectivity index (χ3n) is 5.13. The van der Waals surface area contributed by atoms with Crippen LogP contribution in [0.5, 0.6) is 0 Å². The predicted octanol–water partition coefficient (Wildman–Crippen LogP) is 2.74. The van der Waals surface area contributed by atoms with E-state index in [-0.39, 0.29) is 5.91 Å². The molecule has 126 valence electrons. The molecule has 0 aromatic heterocycles. The minimum Gasteiger partial charge on any atom is -0.342 e. The van der Waals surface area contributed by atoms with Crippen molar-refractivity contribution in [1.29, 1.82) is 0 Å². The number of fused-ring (bicyclic) bond motifs is 1. The van der Waals surface area contributed by atoms with Crippen LogP contribution in [0.15, 0.2) is 23.1 Å². The average Bonchev–Trinajstić information content (AvgIpc) is 2.60. The fourth-order valence-corrected chi connectivity index (χ4v) is 4.98. The summed E-state index contributed by atoms with van der Waals surface area (Å²) in [7, 11) is -3.61. The summed E-state index contributed by atoms with van der Waals surface area (Å²) in [4.78, 5) is 14.6. The standard InChI is InChI=1S/C18H25NO3S/c1-14(18(20)19-11-5-2-6-12-19)23(21,22)17-10-9-15-7-3-4-8-16(15)13-17/h9-10,13-14H,2-8,11-12H2,1H3/t14-/m0/s1. The summed E-state index contributed by atoms with van der Waals surface area (Å²) < 4.78 is 25.7. The minimum absolute atomic E-state index is 0.248. The fourth-order valence-electron chi connectivity index (χ4n) is 3.60. The van der Waals surface area contributed by atoms with Gasteiger partial charge in [-0.05, 0) is 75.1 Å². The molecule has 1 aliphatic heterocycles. The summed E-state index contributed by atoms with van der Waals surface area (Å²) in [5.41, 5.74) is 2.39. The normalized spacial score (nSPS) is 20.0. The van der Waals surface area contributed by atoms with Crippen molar-refractivity contribution in [3.63, 3.8) is 0 Å². The van der Waals surface area contributed by atoms with E-state index >= 15 is 0 Å². The Kier molecular flexibility index (Phi) is 4.76. The van der Waals surface area contributed by atoms with E-state index in [2.05, 4.69) is 0 Å². The summed E-state index contributed by atoms with van der Waals surface area (Å²) >= 11 is 0. The molecule has 23 heavy (non-hydrogen) atoms. The molecule has 0 spiro atoms. The number of benzene rings is 1. The van der Waals surface area contributed by atoms with Gasteiger partial charge in [0, 0.05) is 13.1 Å². The summed E-state index contributed by atoms with van der Waals surface area (Å²) in [6, 6.07) is 5.41. The van der Waals surface area contributed by atoms with Gasteiger partial charge < -0.3 is 4.90 Å². The quantitative estimate of drug-likeness (QED) is 0.853. The molecule has 1 fully saturated rings. The third kappa shape index (κ3) is 3.30. The lowest BCUT2D eigenvalue weighted by Gasteiger charge is -2.29. The Morgan fingerprint density at radius 2 is 1.65 bits per heavy atom. The first-order chi connectivity index (χ1) is 11.0. The van der Waals surface area contributed by atoms with E-state index in [9.17, 15) is 13.2 Å². The van der Waals surface area contributed by atoms with Gasteiger partial charge in [-0.15, -0.1) is 0 Å². The van der Waals surface area contributed by atoms with E-state index in [1.807, 2.05) is 6.07 Å². The molecule has 0 radical (unpaired) electrons. The van der Waals surface area contributed by atoms with E-state index in [0.29, 0.717) is 18.0 Å². The van der Waals surface area contributed by atoms with Crippen LogP contribution in [0.1, 0.15) is 50.2 Å². The molecule has 0 unspecified atom stereocenters. The third-order valence-corrected chi connectivity index (χ3v) is 7.17. The molecule has 1 saturated heterocycles. The van der Waals surface area contributed by atoms with Crippen molar-refractivity contribution < 1.29 is 13.2 Å². The zero-order valence-electron chi connectivity index (χ0n) is 13.8. The smallest absolute Gasteiger partial charge is 0.241 e. The van der Waals surface area contributed by atoms with Crippen molar-refractivity contribution in [1.82, 2.24) is 4.90 Å². The van der Waals surface area contributed by atoms with Gasteiger partial charge >= 0.3 is 0 Å². The van der Waals surface area contributed by atoms with Crippen LogP contribution in [0.25, 0.3) is 0 Å². The van der Waals surface area contributed by atoms with Crippen molar-refractivity contribution in [2.75, 3.05) is 13.1 Å². The molecule has 0 N–H and O–H groups in total. The molecule has 1 aromatic rings. The molecular formula is C18H25NO3S. The fraction of sp³-hybridized carbons (Fsp3) is 0.611. The van der Waals surface area contributed by atoms with Crippen molar-refractivity contribution in [2.24, 2.45) is 0 Å². The Hall–Kier alpha value is -1.36. The van der Waals surface area contributed by atoms with Crippen LogP contribution in [0, 0.1) is 0 Å². The maximum atomic E-state index is 12.9. The van der Waals surface area contributed by atoms with Gasteiger partial charge in [-0.3, -0.25) is 4.79 Å². The van der Waals surface area contributed by atoms with Crippen LogP contribution >= 0.6 is 0 Å².